The Morgan fingerprint density at radius 3 is 2.12 bits per heavy atom. The van der Waals surface area contributed by atoms with Gasteiger partial charge in [0.2, 0.25) is 5.92 Å². The molecule has 0 radical (unpaired) electrons. The van der Waals surface area contributed by atoms with E-state index >= 15 is 0 Å². The second-order valence-electron chi connectivity index (χ2n) is 4.05. The topological polar surface area (TPSA) is 18.5 Å². The smallest absolute Gasteiger partial charge is 0.248 e. The van der Waals surface area contributed by atoms with E-state index in [1.807, 2.05) is 20.8 Å². The zero-order chi connectivity index (χ0) is 12.6. The average Bonchev–Trinajstić information content (AvgIpc) is 2.24. The zero-order valence-corrected chi connectivity index (χ0v) is 10.8. The van der Waals surface area contributed by atoms with E-state index in [9.17, 15) is 8.78 Å². The van der Waals surface area contributed by atoms with E-state index in [1.54, 1.807) is 0 Å². The van der Waals surface area contributed by atoms with E-state index in [0.717, 1.165) is 0 Å². The predicted octanol–water partition coefficient (Wildman–Crippen LogP) is 3.64. The molecule has 0 amide bonds. The van der Waals surface area contributed by atoms with Crippen molar-refractivity contribution in [1.82, 2.24) is 0 Å². The van der Waals surface area contributed by atoms with Crippen molar-refractivity contribution in [3.8, 4) is 0 Å². The van der Waals surface area contributed by atoms with Crippen molar-refractivity contribution in [3.63, 3.8) is 0 Å². The normalized spacial score (nSPS) is 16.1. The molecule has 0 rings (SSSR count). The van der Waals surface area contributed by atoms with Crippen LogP contribution in [0, 0.1) is 0 Å². The molecule has 2 unspecified atom stereocenters. The van der Waals surface area contributed by atoms with Gasteiger partial charge >= 0.3 is 0 Å². The van der Waals surface area contributed by atoms with Gasteiger partial charge in [0.25, 0.3) is 0 Å². The summed E-state index contributed by atoms with van der Waals surface area (Å²) < 4.78 is 36.5. The summed E-state index contributed by atoms with van der Waals surface area (Å²) in [6, 6.07) is 0. The molecule has 4 heteroatoms. The molecule has 2 nitrogen and oxygen atoms in total. The van der Waals surface area contributed by atoms with Gasteiger partial charge in [-0.05, 0) is 27.2 Å². The molecule has 0 aromatic carbocycles. The third kappa shape index (κ3) is 7.12. The van der Waals surface area contributed by atoms with Gasteiger partial charge in [0, 0.05) is 26.1 Å². The minimum absolute atomic E-state index is 0.0108. The lowest BCUT2D eigenvalue weighted by Crippen LogP contribution is -2.27. The van der Waals surface area contributed by atoms with Gasteiger partial charge in [0.15, 0.2) is 0 Å². The van der Waals surface area contributed by atoms with Crippen molar-refractivity contribution >= 4 is 0 Å². The van der Waals surface area contributed by atoms with Crippen LogP contribution in [0.25, 0.3) is 0 Å². The molecule has 2 atom stereocenters. The number of halogens is 2. The zero-order valence-electron chi connectivity index (χ0n) is 10.8. The van der Waals surface area contributed by atoms with Crippen LogP contribution in [-0.4, -0.2) is 31.3 Å². The van der Waals surface area contributed by atoms with Gasteiger partial charge in [-0.2, -0.15) is 0 Å². The highest BCUT2D eigenvalue weighted by Gasteiger charge is 2.25. The maximum absolute atomic E-state index is 12.9. The molecule has 0 aliphatic heterocycles. The van der Waals surface area contributed by atoms with Crippen LogP contribution >= 0.6 is 0 Å². The van der Waals surface area contributed by atoms with E-state index < -0.39 is 5.92 Å². The van der Waals surface area contributed by atoms with E-state index in [2.05, 4.69) is 0 Å². The number of hydrogen-bond acceptors (Lipinski definition) is 2. The molecular formula is C12H24F2O2. The van der Waals surface area contributed by atoms with Crippen LogP contribution in [0.2, 0.25) is 0 Å². The van der Waals surface area contributed by atoms with Crippen molar-refractivity contribution in [2.24, 2.45) is 0 Å². The van der Waals surface area contributed by atoms with Gasteiger partial charge in [-0.25, -0.2) is 8.78 Å². The first-order valence-corrected chi connectivity index (χ1v) is 6.04. The summed E-state index contributed by atoms with van der Waals surface area (Å²) in [7, 11) is 0. The average molecular weight is 238 g/mol. The van der Waals surface area contributed by atoms with Gasteiger partial charge < -0.3 is 9.47 Å². The molecule has 0 aliphatic carbocycles. The lowest BCUT2D eigenvalue weighted by atomic mass is 10.1. The largest absolute Gasteiger partial charge is 0.376 e. The fraction of sp³-hybridized carbons (Fsp3) is 1.00. The first kappa shape index (κ1) is 15.8. The number of alkyl halides is 2. The molecule has 0 spiro atoms. The van der Waals surface area contributed by atoms with Crippen molar-refractivity contribution in [2.75, 3.05) is 13.2 Å². The standard InChI is InChI=1S/C12H24F2O2/c1-5-12(13,14)8-7-9-16-11(4)10(3)15-6-2/h10-11H,5-9H2,1-4H3. The highest BCUT2D eigenvalue weighted by Crippen LogP contribution is 2.23. The van der Waals surface area contributed by atoms with E-state index in [1.165, 1.54) is 6.92 Å². The van der Waals surface area contributed by atoms with Crippen LogP contribution in [0.3, 0.4) is 0 Å². The Morgan fingerprint density at radius 1 is 1.06 bits per heavy atom. The fourth-order valence-corrected chi connectivity index (χ4v) is 1.31. The van der Waals surface area contributed by atoms with Gasteiger partial charge in [-0.1, -0.05) is 6.92 Å². The van der Waals surface area contributed by atoms with Crippen LogP contribution < -0.4 is 0 Å². The summed E-state index contributed by atoms with van der Waals surface area (Å²) in [6.07, 6.45) is 0.160. The molecule has 0 saturated heterocycles. The minimum Gasteiger partial charge on any atom is -0.376 e. The maximum Gasteiger partial charge on any atom is 0.248 e. The maximum atomic E-state index is 12.9. The molecular weight excluding hydrogens is 214 g/mol. The van der Waals surface area contributed by atoms with E-state index in [4.69, 9.17) is 9.47 Å². The van der Waals surface area contributed by atoms with Crippen LogP contribution in [0.5, 0.6) is 0 Å². The second-order valence-corrected chi connectivity index (χ2v) is 4.05. The Kier molecular flexibility index (Phi) is 7.85. The van der Waals surface area contributed by atoms with Gasteiger partial charge in [0.05, 0.1) is 12.2 Å². The van der Waals surface area contributed by atoms with Crippen LogP contribution in [0.4, 0.5) is 8.78 Å². The quantitative estimate of drug-likeness (QED) is 0.571. The summed E-state index contributed by atoms with van der Waals surface area (Å²) in [5.74, 6) is -2.54. The third-order valence-electron chi connectivity index (χ3n) is 2.68. The molecule has 16 heavy (non-hydrogen) atoms. The monoisotopic (exact) mass is 238 g/mol. The lowest BCUT2D eigenvalue weighted by molar-refractivity contribution is -0.0632. The highest BCUT2D eigenvalue weighted by atomic mass is 19.3. The summed E-state index contributed by atoms with van der Waals surface area (Å²) in [6.45, 7) is 8.26. The molecule has 0 aromatic rings. The summed E-state index contributed by atoms with van der Waals surface area (Å²) in [5, 5.41) is 0. The molecule has 98 valence electrons. The van der Waals surface area contributed by atoms with Crippen molar-refractivity contribution in [2.45, 2.75) is 65.1 Å². The first-order chi connectivity index (χ1) is 7.43. The molecule has 0 heterocycles. The fourth-order valence-electron chi connectivity index (χ4n) is 1.31. The third-order valence-corrected chi connectivity index (χ3v) is 2.68. The molecule has 0 aromatic heterocycles. The van der Waals surface area contributed by atoms with E-state index in [-0.39, 0.29) is 25.0 Å². The van der Waals surface area contributed by atoms with E-state index in [0.29, 0.717) is 19.6 Å². The SMILES string of the molecule is CCOC(C)C(C)OCCCC(F)(F)CC. The summed E-state index contributed by atoms with van der Waals surface area (Å²) >= 11 is 0. The van der Waals surface area contributed by atoms with Crippen LogP contribution in [-0.2, 0) is 9.47 Å². The van der Waals surface area contributed by atoms with Gasteiger partial charge in [-0.15, -0.1) is 0 Å². The highest BCUT2D eigenvalue weighted by molar-refractivity contribution is 4.64. The Labute approximate surface area is 97.3 Å². The van der Waals surface area contributed by atoms with Crippen molar-refractivity contribution < 1.29 is 18.3 Å². The number of rotatable bonds is 9. The second kappa shape index (κ2) is 7.96. The Hall–Kier alpha value is -0.220. The van der Waals surface area contributed by atoms with Crippen molar-refractivity contribution in [3.05, 3.63) is 0 Å². The molecule has 0 bridgehead atoms. The molecule has 0 fully saturated rings. The summed E-state index contributed by atoms with van der Waals surface area (Å²) in [5.41, 5.74) is 0. The number of ether oxygens (including phenoxy) is 2. The first-order valence-electron chi connectivity index (χ1n) is 6.04. The lowest BCUT2D eigenvalue weighted by Gasteiger charge is -2.21. The Balaban J connectivity index is 3.58. The molecule has 0 N–H and O–H groups in total. The summed E-state index contributed by atoms with van der Waals surface area (Å²) in [4.78, 5) is 0. The minimum atomic E-state index is -2.54. The van der Waals surface area contributed by atoms with Crippen LogP contribution in [0.15, 0.2) is 0 Å². The molecule has 0 aliphatic rings. The number of hydrogen-bond donors (Lipinski definition) is 0. The van der Waals surface area contributed by atoms with Gasteiger partial charge in [0.1, 0.15) is 0 Å². The predicted molar refractivity (Wildman–Crippen MR) is 61.0 cm³/mol. The van der Waals surface area contributed by atoms with Crippen molar-refractivity contribution in [1.29, 1.82) is 0 Å². The van der Waals surface area contributed by atoms with Crippen LogP contribution in [0.1, 0.15) is 47.0 Å². The molecule has 0 saturated carbocycles. The Bertz CT molecular complexity index is 174. The van der Waals surface area contributed by atoms with Gasteiger partial charge in [-0.3, -0.25) is 0 Å². The Morgan fingerprint density at radius 2 is 1.62 bits per heavy atom.